The predicted molar refractivity (Wildman–Crippen MR) is 103 cm³/mol. The molecule has 26 heavy (non-hydrogen) atoms. The van der Waals surface area contributed by atoms with E-state index in [1.165, 1.54) is 83.5 Å². The molecule has 1 N–H and O–H groups in total. The normalized spacial score (nSPS) is 53.2. The molecule has 8 aliphatic carbocycles. The molecule has 144 valence electrons. The Morgan fingerprint density at radius 2 is 1.04 bits per heavy atom. The number of carbonyl (C=O) groups is 1. The molecule has 0 aromatic rings. The lowest BCUT2D eigenvalue weighted by atomic mass is 9.48. The zero-order valence-corrected chi connectivity index (χ0v) is 16.5. The molecule has 8 bridgehead atoms. The molecule has 8 aliphatic rings. The summed E-state index contributed by atoms with van der Waals surface area (Å²) in [4.78, 5) is 12.8. The number of hydrogen-bond acceptors (Lipinski definition) is 1. The van der Waals surface area contributed by atoms with Gasteiger partial charge in [-0.1, -0.05) is 0 Å². The van der Waals surface area contributed by atoms with Crippen molar-refractivity contribution in [2.75, 3.05) is 6.54 Å². The van der Waals surface area contributed by atoms with E-state index in [4.69, 9.17) is 0 Å². The molecule has 8 fully saturated rings. The maximum atomic E-state index is 12.8. The third-order valence-corrected chi connectivity index (χ3v) is 9.84. The maximum Gasteiger partial charge on any atom is 0.220 e. The summed E-state index contributed by atoms with van der Waals surface area (Å²) in [6, 6.07) is 0. The lowest BCUT2D eigenvalue weighted by molar-refractivity contribution is -0.129. The fourth-order valence-electron chi connectivity index (χ4n) is 9.97. The lowest BCUT2D eigenvalue weighted by Gasteiger charge is -2.57. The standard InChI is InChI=1S/C24H37NO/c26-22(15-24-12-19-6-20(13-24)8-21(7-19)14-24)25-2-1-23-9-16-3-17(10-23)5-18(4-16)11-23/h16-21H,1-15H2,(H,25,26). The summed E-state index contributed by atoms with van der Waals surface area (Å²) < 4.78 is 0. The summed E-state index contributed by atoms with van der Waals surface area (Å²) in [5, 5.41) is 3.39. The second-order valence-electron chi connectivity index (χ2n) is 12.1. The number of amides is 1. The van der Waals surface area contributed by atoms with Gasteiger partial charge in [0.25, 0.3) is 0 Å². The Morgan fingerprint density at radius 3 is 1.46 bits per heavy atom. The first-order valence-corrected chi connectivity index (χ1v) is 11.8. The molecular weight excluding hydrogens is 318 g/mol. The zero-order valence-electron chi connectivity index (χ0n) is 16.5. The van der Waals surface area contributed by atoms with E-state index in [-0.39, 0.29) is 0 Å². The summed E-state index contributed by atoms with van der Waals surface area (Å²) in [6.45, 7) is 0.956. The average molecular weight is 356 g/mol. The van der Waals surface area contributed by atoms with Crippen molar-refractivity contribution < 1.29 is 4.79 Å². The van der Waals surface area contributed by atoms with Crippen molar-refractivity contribution in [1.82, 2.24) is 5.32 Å². The van der Waals surface area contributed by atoms with Crippen LogP contribution in [0.5, 0.6) is 0 Å². The smallest absolute Gasteiger partial charge is 0.220 e. The first-order chi connectivity index (χ1) is 12.6. The van der Waals surface area contributed by atoms with Crippen LogP contribution in [0.1, 0.15) is 89.9 Å². The van der Waals surface area contributed by atoms with Crippen LogP contribution in [0.3, 0.4) is 0 Å². The van der Waals surface area contributed by atoms with Gasteiger partial charge < -0.3 is 5.32 Å². The molecule has 2 nitrogen and oxygen atoms in total. The topological polar surface area (TPSA) is 29.1 Å². The molecule has 0 aliphatic heterocycles. The lowest BCUT2D eigenvalue weighted by Crippen LogP contribution is -2.49. The van der Waals surface area contributed by atoms with Crippen molar-refractivity contribution in [3.05, 3.63) is 0 Å². The highest BCUT2D eigenvalue weighted by molar-refractivity contribution is 5.76. The van der Waals surface area contributed by atoms with E-state index in [0.29, 0.717) is 16.7 Å². The van der Waals surface area contributed by atoms with E-state index >= 15 is 0 Å². The van der Waals surface area contributed by atoms with Gasteiger partial charge in [-0.05, 0) is 130 Å². The SMILES string of the molecule is O=C(CC12CC3CC(CC(C3)C1)C2)NCCC12CC3CC(CC(C3)C1)C2. The molecular formula is C24H37NO. The van der Waals surface area contributed by atoms with Crippen LogP contribution in [-0.4, -0.2) is 12.5 Å². The molecule has 1 amide bonds. The highest BCUT2D eigenvalue weighted by Gasteiger charge is 2.52. The molecule has 8 saturated carbocycles. The quantitative estimate of drug-likeness (QED) is 0.711. The van der Waals surface area contributed by atoms with Crippen molar-refractivity contribution in [3.8, 4) is 0 Å². The van der Waals surface area contributed by atoms with Gasteiger partial charge in [0, 0.05) is 13.0 Å². The van der Waals surface area contributed by atoms with Crippen LogP contribution in [-0.2, 0) is 4.79 Å². The van der Waals surface area contributed by atoms with Gasteiger partial charge in [0.05, 0.1) is 0 Å². The highest BCUT2D eigenvalue weighted by atomic mass is 16.1. The Morgan fingerprint density at radius 1 is 0.654 bits per heavy atom. The molecule has 0 aromatic heterocycles. The van der Waals surface area contributed by atoms with Gasteiger partial charge in [-0.2, -0.15) is 0 Å². The van der Waals surface area contributed by atoms with Gasteiger partial charge in [0.15, 0.2) is 0 Å². The minimum atomic E-state index is 0.386. The van der Waals surface area contributed by atoms with Crippen LogP contribution in [0.25, 0.3) is 0 Å². The molecule has 0 atom stereocenters. The summed E-state index contributed by atoms with van der Waals surface area (Å²) in [7, 11) is 0. The van der Waals surface area contributed by atoms with Crippen molar-refractivity contribution in [3.63, 3.8) is 0 Å². The Kier molecular flexibility index (Phi) is 3.62. The third kappa shape index (κ3) is 2.76. The van der Waals surface area contributed by atoms with E-state index < -0.39 is 0 Å². The molecule has 2 heteroatoms. The van der Waals surface area contributed by atoms with Crippen molar-refractivity contribution in [1.29, 1.82) is 0 Å². The van der Waals surface area contributed by atoms with Crippen LogP contribution in [0.4, 0.5) is 0 Å². The minimum absolute atomic E-state index is 0.386. The van der Waals surface area contributed by atoms with Gasteiger partial charge >= 0.3 is 0 Å². The van der Waals surface area contributed by atoms with Crippen LogP contribution in [0, 0.1) is 46.3 Å². The van der Waals surface area contributed by atoms with Crippen molar-refractivity contribution >= 4 is 5.91 Å². The highest BCUT2D eigenvalue weighted by Crippen LogP contribution is 2.62. The fraction of sp³-hybridized carbons (Fsp3) is 0.958. The molecule has 0 unspecified atom stereocenters. The molecule has 0 spiro atoms. The van der Waals surface area contributed by atoms with Gasteiger partial charge in [-0.3, -0.25) is 4.79 Å². The maximum absolute atomic E-state index is 12.8. The molecule has 0 saturated heterocycles. The second kappa shape index (κ2) is 5.74. The van der Waals surface area contributed by atoms with E-state index in [1.807, 2.05) is 0 Å². The van der Waals surface area contributed by atoms with Crippen molar-refractivity contribution in [2.24, 2.45) is 46.3 Å². The number of nitrogens with one attached hydrogen (secondary N) is 1. The number of rotatable bonds is 5. The minimum Gasteiger partial charge on any atom is -0.356 e. The molecule has 8 rings (SSSR count). The van der Waals surface area contributed by atoms with Gasteiger partial charge in [-0.25, -0.2) is 0 Å². The Hall–Kier alpha value is -0.530. The zero-order chi connectivity index (χ0) is 17.4. The van der Waals surface area contributed by atoms with Crippen LogP contribution in [0.2, 0.25) is 0 Å². The van der Waals surface area contributed by atoms with E-state index in [2.05, 4.69) is 5.32 Å². The Bertz CT molecular complexity index is 522. The average Bonchev–Trinajstić information content (AvgIpc) is 2.51. The van der Waals surface area contributed by atoms with Crippen molar-refractivity contribution in [2.45, 2.75) is 89.9 Å². The Labute approximate surface area is 159 Å². The number of carbonyl (C=O) groups excluding carboxylic acids is 1. The van der Waals surface area contributed by atoms with Crippen LogP contribution in [0.15, 0.2) is 0 Å². The van der Waals surface area contributed by atoms with E-state index in [9.17, 15) is 4.79 Å². The summed E-state index contributed by atoms with van der Waals surface area (Å²) in [6.07, 6.45) is 19.6. The number of hydrogen-bond donors (Lipinski definition) is 1. The largest absolute Gasteiger partial charge is 0.356 e. The fourth-order valence-corrected chi connectivity index (χ4v) is 9.97. The second-order valence-corrected chi connectivity index (χ2v) is 12.1. The molecule has 0 radical (unpaired) electrons. The molecule has 0 heterocycles. The van der Waals surface area contributed by atoms with Crippen LogP contribution >= 0.6 is 0 Å². The van der Waals surface area contributed by atoms with Crippen LogP contribution < -0.4 is 5.32 Å². The van der Waals surface area contributed by atoms with E-state index in [1.54, 1.807) is 0 Å². The monoisotopic (exact) mass is 355 g/mol. The summed E-state index contributed by atoms with van der Waals surface area (Å²) in [5.74, 6) is 6.36. The van der Waals surface area contributed by atoms with E-state index in [0.717, 1.165) is 48.5 Å². The first kappa shape index (κ1) is 16.4. The summed E-state index contributed by atoms with van der Waals surface area (Å²) >= 11 is 0. The van der Waals surface area contributed by atoms with Gasteiger partial charge in [0.2, 0.25) is 5.91 Å². The Balaban J connectivity index is 1.04. The van der Waals surface area contributed by atoms with Gasteiger partial charge in [-0.15, -0.1) is 0 Å². The molecule has 0 aromatic carbocycles. The van der Waals surface area contributed by atoms with Gasteiger partial charge in [0.1, 0.15) is 0 Å². The summed E-state index contributed by atoms with van der Waals surface area (Å²) in [5.41, 5.74) is 1.02. The first-order valence-electron chi connectivity index (χ1n) is 11.8. The predicted octanol–water partition coefficient (Wildman–Crippen LogP) is 5.32. The third-order valence-electron chi connectivity index (χ3n) is 9.84.